The third kappa shape index (κ3) is 2.14. The number of halogens is 1. The number of nitriles is 1. The number of hydrogen-bond acceptors (Lipinski definition) is 5. The van der Waals surface area contributed by atoms with E-state index in [4.69, 9.17) is 10.00 Å². The summed E-state index contributed by atoms with van der Waals surface area (Å²) < 4.78 is 19.8. The quantitative estimate of drug-likeness (QED) is 0.609. The van der Waals surface area contributed by atoms with Gasteiger partial charge in [-0.25, -0.2) is 9.29 Å². The van der Waals surface area contributed by atoms with E-state index in [0.717, 1.165) is 15.9 Å². The fourth-order valence-corrected chi connectivity index (χ4v) is 3.03. The number of carbonyl (C=O) groups excluding carboxylic acids is 3. The Bertz CT molecular complexity index is 993. The van der Waals surface area contributed by atoms with Crippen molar-refractivity contribution < 1.29 is 23.5 Å². The van der Waals surface area contributed by atoms with Gasteiger partial charge in [0, 0.05) is 6.07 Å². The molecule has 3 amide bonds. The Kier molecular flexibility index (Phi) is 3.44. The van der Waals surface area contributed by atoms with E-state index in [0.29, 0.717) is 0 Å². The number of amides is 3. The number of hydrogen-bond donors (Lipinski definition) is 0. The molecule has 7 nitrogen and oxygen atoms in total. The van der Waals surface area contributed by atoms with Crippen molar-refractivity contribution in [1.29, 1.82) is 5.26 Å². The zero-order valence-electron chi connectivity index (χ0n) is 13.2. The number of fused-ring (bicyclic) bond motifs is 2. The lowest BCUT2D eigenvalue weighted by Gasteiger charge is -2.28. The van der Waals surface area contributed by atoms with Gasteiger partial charge in [-0.15, -0.1) is 0 Å². The second kappa shape index (κ2) is 5.67. The van der Waals surface area contributed by atoms with E-state index in [1.807, 2.05) is 6.07 Å². The van der Waals surface area contributed by atoms with Gasteiger partial charge in [0.05, 0.1) is 28.6 Å². The van der Waals surface area contributed by atoms with Crippen molar-refractivity contribution in [2.45, 2.75) is 0 Å². The maximum Gasteiger partial charge on any atom is 0.266 e. The molecule has 0 aromatic heterocycles. The molecule has 2 aromatic rings. The number of benzene rings is 2. The van der Waals surface area contributed by atoms with Crippen LogP contribution in [0.2, 0.25) is 0 Å². The predicted molar refractivity (Wildman–Crippen MR) is 87.4 cm³/mol. The summed E-state index contributed by atoms with van der Waals surface area (Å²) in [6, 6.07) is 10.2. The van der Waals surface area contributed by atoms with E-state index < -0.39 is 23.5 Å². The lowest BCUT2D eigenvalue weighted by atomic mass is 10.1. The second-order valence-corrected chi connectivity index (χ2v) is 5.69. The van der Waals surface area contributed by atoms with Crippen LogP contribution in [0.25, 0.3) is 0 Å². The molecule has 0 bridgehead atoms. The molecule has 4 rings (SSSR count). The molecule has 0 atom stereocenters. The molecule has 2 aliphatic rings. The third-order valence-corrected chi connectivity index (χ3v) is 4.24. The Morgan fingerprint density at radius 2 is 1.73 bits per heavy atom. The smallest absolute Gasteiger partial charge is 0.266 e. The number of anilines is 2. The van der Waals surface area contributed by atoms with Crippen molar-refractivity contribution in [3.63, 3.8) is 0 Å². The highest BCUT2D eigenvalue weighted by Gasteiger charge is 2.39. The van der Waals surface area contributed by atoms with Crippen LogP contribution in [0, 0.1) is 17.1 Å². The molecule has 0 aliphatic carbocycles. The number of ether oxygens (including phenoxy) is 1. The normalized spacial score (nSPS) is 15.5. The van der Waals surface area contributed by atoms with Gasteiger partial charge in [0.15, 0.2) is 12.4 Å². The lowest BCUT2D eigenvalue weighted by molar-refractivity contribution is -0.121. The number of rotatable bonds is 2. The van der Waals surface area contributed by atoms with Crippen LogP contribution in [-0.2, 0) is 4.79 Å². The first-order valence-electron chi connectivity index (χ1n) is 7.64. The van der Waals surface area contributed by atoms with Gasteiger partial charge in [-0.05, 0) is 18.2 Å². The van der Waals surface area contributed by atoms with E-state index >= 15 is 0 Å². The highest BCUT2D eigenvalue weighted by Crippen LogP contribution is 2.39. The van der Waals surface area contributed by atoms with Gasteiger partial charge < -0.3 is 4.74 Å². The maximum absolute atomic E-state index is 14.6. The molecule has 128 valence electrons. The summed E-state index contributed by atoms with van der Waals surface area (Å²) in [7, 11) is 0. The maximum atomic E-state index is 14.6. The summed E-state index contributed by atoms with van der Waals surface area (Å²) in [6.07, 6.45) is 0. The first-order chi connectivity index (χ1) is 12.5. The van der Waals surface area contributed by atoms with Gasteiger partial charge in [-0.3, -0.25) is 19.3 Å². The molecular formula is C18H10FN3O4. The van der Waals surface area contributed by atoms with Crippen molar-refractivity contribution in [3.8, 4) is 11.8 Å². The highest BCUT2D eigenvalue weighted by molar-refractivity contribution is 6.34. The zero-order valence-corrected chi connectivity index (χ0v) is 13.2. The van der Waals surface area contributed by atoms with E-state index in [9.17, 15) is 18.8 Å². The van der Waals surface area contributed by atoms with Crippen molar-refractivity contribution in [2.24, 2.45) is 0 Å². The summed E-state index contributed by atoms with van der Waals surface area (Å²) in [4.78, 5) is 39.0. The Balaban J connectivity index is 1.85. The zero-order chi connectivity index (χ0) is 18.4. The molecular weight excluding hydrogens is 341 g/mol. The van der Waals surface area contributed by atoms with Crippen LogP contribution in [0.15, 0.2) is 36.4 Å². The SMILES string of the molecule is N#CCN1C(=O)COc2cc(F)c(N3C(=O)c4ccccc4C3=O)cc21. The molecule has 2 aromatic carbocycles. The lowest BCUT2D eigenvalue weighted by Crippen LogP contribution is -2.39. The van der Waals surface area contributed by atoms with Gasteiger partial charge >= 0.3 is 0 Å². The Labute approximate surface area is 146 Å². The van der Waals surface area contributed by atoms with Gasteiger partial charge in [0.1, 0.15) is 12.3 Å². The van der Waals surface area contributed by atoms with Crippen molar-refractivity contribution >= 4 is 29.1 Å². The van der Waals surface area contributed by atoms with Crippen LogP contribution >= 0.6 is 0 Å². The predicted octanol–water partition coefficient (Wildman–Crippen LogP) is 1.88. The van der Waals surface area contributed by atoms with Gasteiger partial charge in [-0.2, -0.15) is 5.26 Å². The molecule has 0 saturated carbocycles. The van der Waals surface area contributed by atoms with E-state index in [1.165, 1.54) is 18.2 Å². The molecule has 0 N–H and O–H groups in total. The third-order valence-electron chi connectivity index (χ3n) is 4.24. The van der Waals surface area contributed by atoms with Crippen molar-refractivity contribution in [3.05, 3.63) is 53.3 Å². The Morgan fingerprint density at radius 3 is 2.35 bits per heavy atom. The monoisotopic (exact) mass is 351 g/mol. The molecule has 0 spiro atoms. The molecule has 8 heteroatoms. The molecule has 0 saturated heterocycles. The van der Waals surface area contributed by atoms with Gasteiger partial charge in [0.25, 0.3) is 17.7 Å². The summed E-state index contributed by atoms with van der Waals surface area (Å²) in [6.45, 7) is -0.580. The average molecular weight is 351 g/mol. The Hall–Kier alpha value is -3.73. The van der Waals surface area contributed by atoms with Crippen LogP contribution in [-0.4, -0.2) is 30.9 Å². The minimum Gasteiger partial charge on any atom is -0.481 e. The fraction of sp³-hybridized carbons (Fsp3) is 0.111. The van der Waals surface area contributed by atoms with Crippen molar-refractivity contribution in [1.82, 2.24) is 0 Å². The first-order valence-corrected chi connectivity index (χ1v) is 7.64. The number of nitrogens with zero attached hydrogens (tertiary/aromatic N) is 3. The molecule has 0 fully saturated rings. The summed E-state index contributed by atoms with van der Waals surface area (Å²) in [5, 5.41) is 8.92. The van der Waals surface area contributed by atoms with Gasteiger partial charge in [-0.1, -0.05) is 12.1 Å². The average Bonchev–Trinajstić information content (AvgIpc) is 2.89. The molecule has 0 unspecified atom stereocenters. The molecule has 2 aliphatic heterocycles. The van der Waals surface area contributed by atoms with E-state index in [1.54, 1.807) is 12.1 Å². The fourth-order valence-electron chi connectivity index (χ4n) is 3.03. The number of carbonyl (C=O) groups is 3. The molecule has 2 heterocycles. The molecule has 26 heavy (non-hydrogen) atoms. The number of imide groups is 1. The van der Waals surface area contributed by atoms with Gasteiger partial charge in [0.2, 0.25) is 0 Å². The summed E-state index contributed by atoms with van der Waals surface area (Å²) in [5.41, 5.74) is 0.193. The summed E-state index contributed by atoms with van der Waals surface area (Å²) in [5.74, 6) is -2.56. The topological polar surface area (TPSA) is 90.7 Å². The summed E-state index contributed by atoms with van der Waals surface area (Å²) >= 11 is 0. The first kappa shape index (κ1) is 15.8. The standard InChI is InChI=1S/C18H10FN3O4/c19-12-7-15-14(21(6-5-20)16(23)9-26-15)8-13(12)22-17(24)10-3-1-2-4-11(10)18(22)25/h1-4,7-8H,6,9H2. The van der Waals surface area contributed by atoms with Crippen molar-refractivity contribution in [2.75, 3.05) is 23.0 Å². The van der Waals surface area contributed by atoms with Crippen LogP contribution in [0.4, 0.5) is 15.8 Å². The van der Waals surface area contributed by atoms with Crippen LogP contribution in [0.5, 0.6) is 5.75 Å². The molecule has 0 radical (unpaired) electrons. The van der Waals surface area contributed by atoms with Crippen LogP contribution in [0.1, 0.15) is 20.7 Å². The highest BCUT2D eigenvalue weighted by atomic mass is 19.1. The second-order valence-electron chi connectivity index (χ2n) is 5.69. The van der Waals surface area contributed by atoms with E-state index in [2.05, 4.69) is 0 Å². The Morgan fingerprint density at radius 1 is 1.08 bits per heavy atom. The van der Waals surface area contributed by atoms with Crippen LogP contribution < -0.4 is 14.5 Å². The van der Waals surface area contributed by atoms with Crippen LogP contribution in [0.3, 0.4) is 0 Å². The largest absolute Gasteiger partial charge is 0.481 e. The minimum atomic E-state index is -0.843. The van der Waals surface area contributed by atoms with E-state index in [-0.39, 0.29) is 41.4 Å². The minimum absolute atomic E-state index is 0.0673.